The van der Waals surface area contributed by atoms with Gasteiger partial charge in [0.2, 0.25) is 5.88 Å². The van der Waals surface area contributed by atoms with E-state index in [1.807, 2.05) is 25.1 Å². The number of aromatic nitrogens is 4. The van der Waals surface area contributed by atoms with Crippen molar-refractivity contribution in [3.8, 4) is 34.1 Å². The monoisotopic (exact) mass is 516 g/mol. The lowest BCUT2D eigenvalue weighted by molar-refractivity contribution is 0.154. The van der Waals surface area contributed by atoms with Gasteiger partial charge in [0, 0.05) is 60.6 Å². The molecule has 196 valence electrons. The SMILES string of the molecule is CCOc1ccc(-c2cnc(Nc3ccnc(-c4c(F)cccc4OC)n3)cc2N2CCC[C@H](O)C2)cn1. The molecule has 38 heavy (non-hydrogen) atoms. The Balaban J connectivity index is 1.49. The summed E-state index contributed by atoms with van der Waals surface area (Å²) in [6.45, 7) is 3.78. The molecule has 4 aromatic rings. The Morgan fingerprint density at radius 2 is 2.00 bits per heavy atom. The second-order valence-corrected chi connectivity index (χ2v) is 8.85. The molecular weight excluding hydrogens is 487 g/mol. The van der Waals surface area contributed by atoms with Crippen molar-refractivity contribution in [2.45, 2.75) is 25.9 Å². The van der Waals surface area contributed by atoms with Crippen molar-refractivity contribution >= 4 is 17.3 Å². The molecule has 0 saturated carbocycles. The number of methoxy groups -OCH3 is 1. The number of aliphatic hydroxyl groups excluding tert-OH is 1. The zero-order valence-electron chi connectivity index (χ0n) is 21.3. The van der Waals surface area contributed by atoms with Crippen molar-refractivity contribution in [1.29, 1.82) is 0 Å². The quantitative estimate of drug-likeness (QED) is 0.340. The van der Waals surface area contributed by atoms with Crippen LogP contribution < -0.4 is 19.7 Å². The van der Waals surface area contributed by atoms with Crippen LogP contribution in [0, 0.1) is 5.82 Å². The molecule has 0 radical (unpaired) electrons. The third-order valence-corrected chi connectivity index (χ3v) is 6.29. The number of pyridine rings is 2. The first-order chi connectivity index (χ1) is 18.6. The van der Waals surface area contributed by atoms with Crippen LogP contribution >= 0.6 is 0 Å². The first-order valence-electron chi connectivity index (χ1n) is 12.5. The van der Waals surface area contributed by atoms with Gasteiger partial charge in [0.1, 0.15) is 23.2 Å². The maximum absolute atomic E-state index is 14.6. The largest absolute Gasteiger partial charge is 0.496 e. The lowest BCUT2D eigenvalue weighted by Crippen LogP contribution is -2.38. The molecule has 1 aromatic carbocycles. The Hall–Kier alpha value is -4.31. The van der Waals surface area contributed by atoms with Crippen LogP contribution in [0.2, 0.25) is 0 Å². The van der Waals surface area contributed by atoms with Crippen LogP contribution in [0.1, 0.15) is 19.8 Å². The van der Waals surface area contributed by atoms with E-state index >= 15 is 0 Å². The molecule has 3 aromatic heterocycles. The first-order valence-corrected chi connectivity index (χ1v) is 12.5. The number of halogens is 1. The third kappa shape index (κ3) is 5.50. The predicted octanol–water partition coefficient (Wildman–Crippen LogP) is 4.85. The fraction of sp³-hybridized carbons (Fsp3) is 0.286. The summed E-state index contributed by atoms with van der Waals surface area (Å²) < 4.78 is 25.4. The van der Waals surface area contributed by atoms with Crippen LogP contribution in [-0.4, -0.2) is 58.0 Å². The fourth-order valence-electron chi connectivity index (χ4n) is 4.52. The van der Waals surface area contributed by atoms with E-state index in [2.05, 4.69) is 30.2 Å². The highest BCUT2D eigenvalue weighted by molar-refractivity contribution is 5.80. The van der Waals surface area contributed by atoms with Gasteiger partial charge >= 0.3 is 0 Å². The number of piperidine rings is 1. The van der Waals surface area contributed by atoms with E-state index in [9.17, 15) is 9.50 Å². The predicted molar refractivity (Wildman–Crippen MR) is 143 cm³/mol. The van der Waals surface area contributed by atoms with E-state index in [-0.39, 0.29) is 11.4 Å². The molecule has 9 nitrogen and oxygen atoms in total. The summed E-state index contributed by atoms with van der Waals surface area (Å²) in [5.41, 5.74) is 2.88. The summed E-state index contributed by atoms with van der Waals surface area (Å²) in [6, 6.07) is 12.0. The number of anilines is 3. The van der Waals surface area contributed by atoms with Gasteiger partial charge in [0.25, 0.3) is 0 Å². The number of β-amino-alcohol motifs (C(OH)–C–C–N with tert-alkyl or cyclic N) is 1. The second kappa shape index (κ2) is 11.4. The Morgan fingerprint density at radius 1 is 1.11 bits per heavy atom. The molecule has 0 amide bonds. The number of hydrogen-bond acceptors (Lipinski definition) is 9. The van der Waals surface area contributed by atoms with E-state index < -0.39 is 11.9 Å². The minimum absolute atomic E-state index is 0.188. The number of hydrogen-bond donors (Lipinski definition) is 2. The van der Waals surface area contributed by atoms with Crippen LogP contribution in [0.4, 0.5) is 21.7 Å². The average Bonchev–Trinajstić information content (AvgIpc) is 2.94. The Bertz CT molecular complexity index is 1400. The van der Waals surface area contributed by atoms with Crippen LogP contribution in [0.3, 0.4) is 0 Å². The van der Waals surface area contributed by atoms with Gasteiger partial charge in [0.05, 0.1) is 25.4 Å². The zero-order valence-corrected chi connectivity index (χ0v) is 21.3. The molecule has 1 fully saturated rings. The molecule has 1 aliphatic rings. The van der Waals surface area contributed by atoms with Crippen molar-refractivity contribution in [3.63, 3.8) is 0 Å². The van der Waals surface area contributed by atoms with Gasteiger partial charge in [-0.3, -0.25) is 0 Å². The highest BCUT2D eigenvalue weighted by Crippen LogP contribution is 2.35. The van der Waals surface area contributed by atoms with Gasteiger partial charge in [-0.1, -0.05) is 6.07 Å². The Morgan fingerprint density at radius 3 is 2.76 bits per heavy atom. The van der Waals surface area contributed by atoms with Crippen molar-refractivity contribution in [1.82, 2.24) is 19.9 Å². The Kier molecular flexibility index (Phi) is 7.60. The summed E-state index contributed by atoms with van der Waals surface area (Å²) in [4.78, 5) is 19.9. The second-order valence-electron chi connectivity index (χ2n) is 8.85. The van der Waals surface area contributed by atoms with Crippen LogP contribution in [0.15, 0.2) is 61.1 Å². The van der Waals surface area contributed by atoms with Gasteiger partial charge < -0.3 is 24.8 Å². The summed E-state index contributed by atoms with van der Waals surface area (Å²) in [5.74, 6) is 1.63. The molecule has 5 rings (SSSR count). The number of benzene rings is 1. The fourth-order valence-corrected chi connectivity index (χ4v) is 4.52. The molecule has 1 atom stereocenters. The highest BCUT2D eigenvalue weighted by atomic mass is 19.1. The number of nitrogens with zero attached hydrogens (tertiary/aromatic N) is 5. The molecule has 0 unspecified atom stereocenters. The molecule has 10 heteroatoms. The normalized spacial score (nSPS) is 15.3. The average molecular weight is 517 g/mol. The van der Waals surface area contributed by atoms with Crippen molar-refractivity contribution < 1.29 is 19.0 Å². The third-order valence-electron chi connectivity index (χ3n) is 6.29. The lowest BCUT2D eigenvalue weighted by Gasteiger charge is -2.33. The van der Waals surface area contributed by atoms with Gasteiger partial charge in [0.15, 0.2) is 5.82 Å². The zero-order chi connectivity index (χ0) is 26.5. The van der Waals surface area contributed by atoms with Crippen LogP contribution in [0.25, 0.3) is 22.5 Å². The standard InChI is InChI=1S/C28H29FN6O3/c1-3-38-26-10-9-18(15-32-26)20-16-31-25(14-22(20)35-13-5-6-19(36)17-35)33-24-11-12-30-28(34-24)27-21(29)7-4-8-23(27)37-2/h4,7-12,14-16,19,36H,3,5-6,13,17H2,1-2H3,(H,30,31,33,34)/t19-/m0/s1. The maximum atomic E-state index is 14.6. The number of aliphatic hydroxyl groups is 1. The number of ether oxygens (including phenoxy) is 2. The van der Waals surface area contributed by atoms with Crippen LogP contribution in [-0.2, 0) is 0 Å². The maximum Gasteiger partial charge on any atom is 0.213 e. The van der Waals surface area contributed by atoms with E-state index in [0.717, 1.165) is 36.2 Å². The van der Waals surface area contributed by atoms with Gasteiger partial charge in [-0.15, -0.1) is 0 Å². The first kappa shape index (κ1) is 25.3. The van der Waals surface area contributed by atoms with E-state index in [1.54, 1.807) is 36.8 Å². The molecule has 1 aliphatic heterocycles. The van der Waals surface area contributed by atoms with Gasteiger partial charge in [-0.2, -0.15) is 0 Å². The minimum atomic E-state index is -0.473. The van der Waals surface area contributed by atoms with E-state index in [1.165, 1.54) is 13.2 Å². The van der Waals surface area contributed by atoms with Gasteiger partial charge in [-0.05, 0) is 44.0 Å². The van der Waals surface area contributed by atoms with Gasteiger partial charge in [-0.25, -0.2) is 24.3 Å². The van der Waals surface area contributed by atoms with Crippen molar-refractivity contribution in [2.75, 3.05) is 37.0 Å². The highest BCUT2D eigenvalue weighted by Gasteiger charge is 2.22. The smallest absolute Gasteiger partial charge is 0.213 e. The molecule has 0 bridgehead atoms. The summed E-state index contributed by atoms with van der Waals surface area (Å²) in [5, 5.41) is 13.6. The van der Waals surface area contributed by atoms with Crippen molar-refractivity contribution in [2.24, 2.45) is 0 Å². The molecular formula is C28H29FN6O3. The summed E-state index contributed by atoms with van der Waals surface area (Å²) in [6.07, 6.45) is 6.34. The minimum Gasteiger partial charge on any atom is -0.496 e. The number of rotatable bonds is 8. The van der Waals surface area contributed by atoms with Crippen LogP contribution in [0.5, 0.6) is 11.6 Å². The summed E-state index contributed by atoms with van der Waals surface area (Å²) >= 11 is 0. The van der Waals surface area contributed by atoms with E-state index in [0.29, 0.717) is 36.4 Å². The summed E-state index contributed by atoms with van der Waals surface area (Å²) in [7, 11) is 1.48. The lowest BCUT2D eigenvalue weighted by atomic mass is 10.0. The number of nitrogens with one attached hydrogen (secondary N) is 1. The molecule has 0 aliphatic carbocycles. The van der Waals surface area contributed by atoms with E-state index in [4.69, 9.17) is 9.47 Å². The Labute approximate surface area is 220 Å². The molecule has 4 heterocycles. The van der Waals surface area contributed by atoms with Crippen molar-refractivity contribution in [3.05, 3.63) is 66.9 Å². The molecule has 2 N–H and O–H groups in total. The molecule has 1 saturated heterocycles. The molecule has 0 spiro atoms. The topological polar surface area (TPSA) is 106 Å².